The average Bonchev–Trinajstić information content (AvgIpc) is 2.18. The summed E-state index contributed by atoms with van der Waals surface area (Å²) in [5, 5.41) is 17.3. The molecule has 0 saturated carbocycles. The molecule has 0 aromatic carbocycles. The third-order valence-electron chi connectivity index (χ3n) is 1.74. The molecule has 0 amide bonds. The van der Waals surface area contributed by atoms with Crippen LogP contribution in [0.25, 0.3) is 0 Å². The molecular formula is C9H4F2IN3. The molecular weight excluding hydrogens is 315 g/mol. The van der Waals surface area contributed by atoms with Crippen molar-refractivity contribution in [1.82, 2.24) is 4.98 Å². The molecule has 0 N–H and O–H groups in total. The van der Waals surface area contributed by atoms with Crippen molar-refractivity contribution in [3.63, 3.8) is 0 Å². The lowest BCUT2D eigenvalue weighted by Crippen LogP contribution is -2.03. The first-order valence-corrected chi connectivity index (χ1v) is 4.92. The van der Waals surface area contributed by atoms with Crippen LogP contribution >= 0.6 is 22.6 Å². The van der Waals surface area contributed by atoms with Gasteiger partial charge in [-0.1, -0.05) is 0 Å². The molecule has 1 rings (SSSR count). The molecule has 0 aliphatic carbocycles. The number of nitrogens with zero attached hydrogens (tertiary/aromatic N) is 3. The zero-order chi connectivity index (χ0) is 11.4. The highest BCUT2D eigenvalue weighted by molar-refractivity contribution is 14.1. The number of aromatic nitrogens is 1. The van der Waals surface area contributed by atoms with Crippen molar-refractivity contribution in [2.45, 2.75) is 12.8 Å². The van der Waals surface area contributed by atoms with Gasteiger partial charge in [-0.2, -0.15) is 10.5 Å². The summed E-state index contributed by atoms with van der Waals surface area (Å²) in [6.45, 7) is 0. The van der Waals surface area contributed by atoms with Crippen LogP contribution in [0.15, 0.2) is 6.20 Å². The van der Waals surface area contributed by atoms with Gasteiger partial charge in [0, 0.05) is 15.3 Å². The van der Waals surface area contributed by atoms with Gasteiger partial charge in [0.1, 0.15) is 11.8 Å². The minimum Gasteiger partial charge on any atom is -0.254 e. The summed E-state index contributed by atoms with van der Waals surface area (Å²) in [6, 6.07) is 3.57. The van der Waals surface area contributed by atoms with Crippen molar-refractivity contribution < 1.29 is 8.78 Å². The third kappa shape index (κ3) is 2.39. The summed E-state index contributed by atoms with van der Waals surface area (Å²) in [6.07, 6.45) is -1.79. The van der Waals surface area contributed by atoms with E-state index in [0.29, 0.717) is 3.57 Å². The Hall–Kier alpha value is -1.28. The van der Waals surface area contributed by atoms with Crippen LogP contribution in [0.1, 0.15) is 23.2 Å². The van der Waals surface area contributed by atoms with E-state index in [0.717, 1.165) is 0 Å². The van der Waals surface area contributed by atoms with Gasteiger partial charge in [0.25, 0.3) is 6.43 Å². The Kier molecular flexibility index (Phi) is 3.92. The highest BCUT2D eigenvalue weighted by Crippen LogP contribution is 2.26. The van der Waals surface area contributed by atoms with Crippen LogP contribution in [0.3, 0.4) is 0 Å². The summed E-state index contributed by atoms with van der Waals surface area (Å²) in [7, 11) is 0. The average molecular weight is 319 g/mol. The largest absolute Gasteiger partial charge is 0.280 e. The number of rotatable bonds is 2. The summed E-state index contributed by atoms with van der Waals surface area (Å²) in [5.74, 6) is 0. The van der Waals surface area contributed by atoms with Crippen LogP contribution in [0.4, 0.5) is 8.78 Å². The molecule has 3 nitrogen and oxygen atoms in total. The van der Waals surface area contributed by atoms with E-state index in [4.69, 9.17) is 10.5 Å². The van der Waals surface area contributed by atoms with Crippen LogP contribution in [0.5, 0.6) is 0 Å². The molecule has 1 aromatic rings. The van der Waals surface area contributed by atoms with Crippen LogP contribution in [0.2, 0.25) is 0 Å². The van der Waals surface area contributed by atoms with Crippen LogP contribution < -0.4 is 0 Å². The van der Waals surface area contributed by atoms with Gasteiger partial charge in [0.05, 0.1) is 18.1 Å². The predicted octanol–water partition coefficient (Wildman–Crippen LogP) is 2.56. The van der Waals surface area contributed by atoms with Gasteiger partial charge < -0.3 is 0 Å². The van der Waals surface area contributed by atoms with Crippen molar-refractivity contribution >= 4 is 22.6 Å². The molecule has 0 aliphatic heterocycles. The highest BCUT2D eigenvalue weighted by Gasteiger charge is 2.19. The Bertz CT molecular complexity index is 460. The van der Waals surface area contributed by atoms with Crippen molar-refractivity contribution in [1.29, 1.82) is 10.5 Å². The van der Waals surface area contributed by atoms with E-state index in [9.17, 15) is 8.78 Å². The lowest BCUT2D eigenvalue weighted by atomic mass is 10.1. The Morgan fingerprint density at radius 3 is 2.60 bits per heavy atom. The molecule has 0 aliphatic rings. The van der Waals surface area contributed by atoms with Gasteiger partial charge in [-0.3, -0.25) is 4.98 Å². The molecule has 0 spiro atoms. The van der Waals surface area contributed by atoms with Gasteiger partial charge in [-0.15, -0.1) is 0 Å². The zero-order valence-corrected chi connectivity index (χ0v) is 9.49. The molecule has 1 aromatic heterocycles. The second-order valence-electron chi connectivity index (χ2n) is 2.59. The molecule has 1 heterocycles. The highest BCUT2D eigenvalue weighted by atomic mass is 127. The minimum atomic E-state index is -2.77. The maximum Gasteiger partial charge on any atom is 0.280 e. The Morgan fingerprint density at radius 2 is 2.13 bits per heavy atom. The summed E-state index contributed by atoms with van der Waals surface area (Å²) in [4.78, 5) is 3.55. The topological polar surface area (TPSA) is 60.5 Å². The van der Waals surface area contributed by atoms with Crippen LogP contribution in [-0.2, 0) is 6.42 Å². The van der Waals surface area contributed by atoms with E-state index < -0.39 is 12.1 Å². The zero-order valence-electron chi connectivity index (χ0n) is 7.34. The lowest BCUT2D eigenvalue weighted by molar-refractivity contribution is 0.145. The second kappa shape index (κ2) is 4.99. The molecule has 0 radical (unpaired) electrons. The van der Waals surface area contributed by atoms with E-state index >= 15 is 0 Å². The van der Waals surface area contributed by atoms with E-state index in [1.54, 1.807) is 6.07 Å². The van der Waals surface area contributed by atoms with E-state index in [1.165, 1.54) is 6.20 Å². The number of halogens is 3. The second-order valence-corrected chi connectivity index (χ2v) is 3.75. The van der Waals surface area contributed by atoms with Gasteiger partial charge in [-0.25, -0.2) is 8.78 Å². The van der Waals surface area contributed by atoms with Gasteiger partial charge >= 0.3 is 0 Å². The monoisotopic (exact) mass is 319 g/mol. The quantitative estimate of drug-likeness (QED) is 0.787. The molecule has 0 atom stereocenters. The number of hydrogen-bond donors (Lipinski definition) is 0. The van der Waals surface area contributed by atoms with Gasteiger partial charge in [-0.05, 0) is 22.6 Å². The smallest absolute Gasteiger partial charge is 0.254 e. The molecule has 0 saturated heterocycles. The molecule has 15 heavy (non-hydrogen) atoms. The summed E-state index contributed by atoms with van der Waals surface area (Å²) in [5.41, 5.74) is -0.335. The minimum absolute atomic E-state index is 0.0295. The fourth-order valence-corrected chi connectivity index (χ4v) is 1.69. The lowest BCUT2D eigenvalue weighted by Gasteiger charge is -2.07. The van der Waals surface area contributed by atoms with E-state index in [-0.39, 0.29) is 17.5 Å². The van der Waals surface area contributed by atoms with Crippen molar-refractivity contribution in [3.05, 3.63) is 26.6 Å². The third-order valence-corrected chi connectivity index (χ3v) is 2.56. The summed E-state index contributed by atoms with van der Waals surface area (Å²) >= 11 is 1.83. The van der Waals surface area contributed by atoms with E-state index in [2.05, 4.69) is 4.98 Å². The Balaban J connectivity index is 3.45. The maximum atomic E-state index is 12.5. The molecule has 0 fully saturated rings. The first-order chi connectivity index (χ1) is 7.11. The fraction of sp³-hybridized carbons (Fsp3) is 0.222. The van der Waals surface area contributed by atoms with Gasteiger partial charge in [0.2, 0.25) is 0 Å². The first kappa shape index (κ1) is 11.8. The molecule has 0 bridgehead atoms. The number of alkyl halides is 2. The predicted molar refractivity (Wildman–Crippen MR) is 55.9 cm³/mol. The van der Waals surface area contributed by atoms with Crippen LogP contribution in [0, 0.1) is 26.2 Å². The Morgan fingerprint density at radius 1 is 1.47 bits per heavy atom. The van der Waals surface area contributed by atoms with E-state index in [1.807, 2.05) is 28.7 Å². The normalized spacial score (nSPS) is 9.73. The SMILES string of the molecule is N#CCc1c(C(F)F)ncc(I)c1C#N. The van der Waals surface area contributed by atoms with Crippen molar-refractivity contribution in [2.75, 3.05) is 0 Å². The molecule has 0 unspecified atom stereocenters. The first-order valence-electron chi connectivity index (χ1n) is 3.84. The fourth-order valence-electron chi connectivity index (χ4n) is 1.11. The molecule has 6 heteroatoms. The van der Waals surface area contributed by atoms with Gasteiger partial charge in [0.15, 0.2) is 0 Å². The van der Waals surface area contributed by atoms with Crippen LogP contribution in [-0.4, -0.2) is 4.98 Å². The molecule has 76 valence electrons. The number of nitriles is 2. The maximum absolute atomic E-state index is 12.5. The van der Waals surface area contributed by atoms with Crippen molar-refractivity contribution in [2.24, 2.45) is 0 Å². The summed E-state index contributed by atoms with van der Waals surface area (Å²) < 4.78 is 25.5. The number of hydrogen-bond acceptors (Lipinski definition) is 3. The Labute approximate surface area is 98.5 Å². The number of pyridine rings is 1. The standard InChI is InChI=1S/C9H4F2IN3/c10-9(11)8-5(1-2-13)6(3-14)7(12)4-15-8/h4,9H,1H2. The van der Waals surface area contributed by atoms with Crippen molar-refractivity contribution in [3.8, 4) is 12.1 Å².